The van der Waals surface area contributed by atoms with Crippen LogP contribution in [0.1, 0.15) is 43.5 Å². The van der Waals surface area contributed by atoms with Gasteiger partial charge in [-0.25, -0.2) is 4.39 Å². The molecule has 1 amide bonds. The Morgan fingerprint density at radius 3 is 2.71 bits per heavy atom. The zero-order valence-electron chi connectivity index (χ0n) is 12.0. The third kappa shape index (κ3) is 2.96. The Morgan fingerprint density at radius 1 is 1.52 bits per heavy atom. The summed E-state index contributed by atoms with van der Waals surface area (Å²) in [6, 6.07) is 1.59. The van der Waals surface area contributed by atoms with E-state index in [4.69, 9.17) is 5.73 Å². The van der Waals surface area contributed by atoms with Gasteiger partial charge in [0.1, 0.15) is 11.5 Å². The molecule has 0 aliphatic heterocycles. The molecule has 1 aliphatic carbocycles. The fourth-order valence-corrected chi connectivity index (χ4v) is 2.77. The van der Waals surface area contributed by atoms with Gasteiger partial charge in [-0.15, -0.1) is 0 Å². The van der Waals surface area contributed by atoms with Crippen LogP contribution in [-0.4, -0.2) is 16.9 Å². The van der Waals surface area contributed by atoms with Crippen molar-refractivity contribution in [2.24, 2.45) is 5.41 Å². The maximum Gasteiger partial charge on any atom is 0.295 e. The van der Waals surface area contributed by atoms with Crippen LogP contribution in [0, 0.1) is 21.3 Å². The van der Waals surface area contributed by atoms with Gasteiger partial charge in [0, 0.05) is 6.04 Å². The molecule has 7 heteroatoms. The minimum Gasteiger partial charge on any atom is -0.393 e. The van der Waals surface area contributed by atoms with Crippen LogP contribution in [0.25, 0.3) is 0 Å². The van der Waals surface area contributed by atoms with E-state index in [2.05, 4.69) is 5.32 Å². The number of nitrogens with zero attached hydrogens (tertiary/aromatic N) is 1. The SMILES string of the molecule is CC1(C)CCCC1NC(=O)c1cc(F)cc([N+](=O)[O-])c1N. The molecule has 1 unspecified atom stereocenters. The standard InChI is InChI=1S/C14H18FN3O3/c1-14(2)5-3-4-11(14)17-13(19)9-6-8(15)7-10(12(9)16)18(20)21/h6-7,11H,3-5,16H2,1-2H3,(H,17,19). The molecule has 0 aromatic heterocycles. The average Bonchev–Trinajstić information content (AvgIpc) is 2.70. The van der Waals surface area contributed by atoms with E-state index >= 15 is 0 Å². The van der Waals surface area contributed by atoms with Gasteiger partial charge in [0.25, 0.3) is 11.6 Å². The van der Waals surface area contributed by atoms with E-state index in [9.17, 15) is 19.3 Å². The molecule has 1 fully saturated rings. The molecular weight excluding hydrogens is 277 g/mol. The maximum absolute atomic E-state index is 13.5. The van der Waals surface area contributed by atoms with Crippen molar-refractivity contribution in [1.82, 2.24) is 5.32 Å². The van der Waals surface area contributed by atoms with Crippen LogP contribution in [0.3, 0.4) is 0 Å². The Morgan fingerprint density at radius 2 is 2.19 bits per heavy atom. The molecule has 1 aliphatic rings. The zero-order chi connectivity index (χ0) is 15.8. The molecule has 0 saturated heterocycles. The normalized spacial score (nSPS) is 20.2. The van der Waals surface area contributed by atoms with Gasteiger partial charge in [-0.05, 0) is 24.3 Å². The van der Waals surface area contributed by atoms with Crippen molar-refractivity contribution < 1.29 is 14.1 Å². The lowest BCUT2D eigenvalue weighted by molar-refractivity contribution is -0.384. The molecule has 0 spiro atoms. The first-order valence-electron chi connectivity index (χ1n) is 6.76. The number of carbonyl (C=O) groups is 1. The summed E-state index contributed by atoms with van der Waals surface area (Å²) in [4.78, 5) is 22.3. The van der Waals surface area contributed by atoms with Crippen molar-refractivity contribution in [3.05, 3.63) is 33.6 Å². The predicted molar refractivity (Wildman–Crippen MR) is 76.4 cm³/mol. The number of nitrogens with one attached hydrogen (secondary N) is 1. The topological polar surface area (TPSA) is 98.3 Å². The second kappa shape index (κ2) is 5.31. The summed E-state index contributed by atoms with van der Waals surface area (Å²) < 4.78 is 13.5. The third-order valence-corrected chi connectivity index (χ3v) is 4.13. The third-order valence-electron chi connectivity index (χ3n) is 4.13. The number of nitrogens with two attached hydrogens (primary N) is 1. The van der Waals surface area contributed by atoms with Crippen LogP contribution in [0.15, 0.2) is 12.1 Å². The van der Waals surface area contributed by atoms with E-state index in [1.807, 2.05) is 13.8 Å². The van der Waals surface area contributed by atoms with E-state index in [1.54, 1.807) is 0 Å². The van der Waals surface area contributed by atoms with Crippen molar-refractivity contribution in [3.8, 4) is 0 Å². The number of hydrogen-bond acceptors (Lipinski definition) is 4. The highest BCUT2D eigenvalue weighted by Crippen LogP contribution is 2.37. The van der Waals surface area contributed by atoms with Crippen molar-refractivity contribution in [1.29, 1.82) is 0 Å². The number of anilines is 1. The molecule has 0 bridgehead atoms. The predicted octanol–water partition coefficient (Wildman–Crippen LogP) is 2.62. The van der Waals surface area contributed by atoms with Crippen molar-refractivity contribution >= 4 is 17.3 Å². The molecule has 3 N–H and O–H groups in total. The Bertz CT molecular complexity index is 601. The summed E-state index contributed by atoms with van der Waals surface area (Å²) in [5.74, 6) is -1.43. The number of nitro benzene ring substituents is 1. The molecule has 2 rings (SSSR count). The van der Waals surface area contributed by atoms with Crippen LogP contribution in [0.5, 0.6) is 0 Å². The molecule has 1 aromatic rings. The number of nitro groups is 1. The van der Waals surface area contributed by atoms with Gasteiger partial charge in [-0.2, -0.15) is 0 Å². The molecule has 114 valence electrons. The van der Waals surface area contributed by atoms with Gasteiger partial charge in [0.15, 0.2) is 0 Å². The fraction of sp³-hybridized carbons (Fsp3) is 0.500. The lowest BCUT2D eigenvalue weighted by atomic mass is 9.87. The summed E-state index contributed by atoms with van der Waals surface area (Å²) in [5.41, 5.74) is 4.48. The summed E-state index contributed by atoms with van der Waals surface area (Å²) in [6.07, 6.45) is 2.81. The maximum atomic E-state index is 13.5. The van der Waals surface area contributed by atoms with Crippen LogP contribution in [0.4, 0.5) is 15.8 Å². The largest absolute Gasteiger partial charge is 0.393 e. The van der Waals surface area contributed by atoms with E-state index in [0.717, 1.165) is 25.3 Å². The number of carbonyl (C=O) groups excluding carboxylic acids is 1. The first kappa shape index (κ1) is 15.2. The van der Waals surface area contributed by atoms with Crippen LogP contribution >= 0.6 is 0 Å². The Hall–Kier alpha value is -2.18. The molecule has 1 aromatic carbocycles. The molecule has 0 radical (unpaired) electrons. The number of hydrogen-bond donors (Lipinski definition) is 2. The van der Waals surface area contributed by atoms with Gasteiger partial charge in [-0.3, -0.25) is 14.9 Å². The van der Waals surface area contributed by atoms with Crippen molar-refractivity contribution in [3.63, 3.8) is 0 Å². The summed E-state index contributed by atoms with van der Waals surface area (Å²) >= 11 is 0. The monoisotopic (exact) mass is 295 g/mol. The smallest absolute Gasteiger partial charge is 0.295 e. The van der Waals surface area contributed by atoms with Crippen LogP contribution < -0.4 is 11.1 Å². The number of nitrogen functional groups attached to an aromatic ring is 1. The number of halogens is 1. The minimum absolute atomic E-state index is 0.0493. The quantitative estimate of drug-likeness (QED) is 0.508. The van der Waals surface area contributed by atoms with Gasteiger partial charge in [0.05, 0.1) is 16.6 Å². The molecule has 6 nitrogen and oxygen atoms in total. The Balaban J connectivity index is 2.29. The first-order valence-corrected chi connectivity index (χ1v) is 6.76. The highest BCUT2D eigenvalue weighted by molar-refractivity contribution is 6.01. The average molecular weight is 295 g/mol. The zero-order valence-corrected chi connectivity index (χ0v) is 12.0. The number of rotatable bonds is 3. The van der Waals surface area contributed by atoms with E-state index in [1.165, 1.54) is 0 Å². The van der Waals surface area contributed by atoms with E-state index in [0.29, 0.717) is 6.07 Å². The molecule has 21 heavy (non-hydrogen) atoms. The minimum atomic E-state index is -0.855. The summed E-state index contributed by atoms with van der Waals surface area (Å²) in [5, 5.41) is 13.6. The van der Waals surface area contributed by atoms with Gasteiger partial charge in [-0.1, -0.05) is 20.3 Å². The van der Waals surface area contributed by atoms with Crippen LogP contribution in [-0.2, 0) is 0 Å². The highest BCUT2D eigenvalue weighted by Gasteiger charge is 2.36. The fourth-order valence-electron chi connectivity index (χ4n) is 2.77. The lowest BCUT2D eigenvalue weighted by Crippen LogP contribution is -2.41. The van der Waals surface area contributed by atoms with E-state index < -0.39 is 22.3 Å². The van der Waals surface area contributed by atoms with Crippen molar-refractivity contribution in [2.45, 2.75) is 39.2 Å². The number of benzene rings is 1. The van der Waals surface area contributed by atoms with Crippen molar-refractivity contribution in [2.75, 3.05) is 5.73 Å². The van der Waals surface area contributed by atoms with Gasteiger partial charge < -0.3 is 11.1 Å². The Labute approximate surface area is 121 Å². The van der Waals surface area contributed by atoms with E-state index in [-0.39, 0.29) is 22.7 Å². The molecular formula is C14H18FN3O3. The first-order chi connectivity index (χ1) is 9.72. The summed E-state index contributed by atoms with van der Waals surface area (Å²) in [6.45, 7) is 4.09. The molecule has 1 saturated carbocycles. The number of amides is 1. The molecule has 1 atom stereocenters. The highest BCUT2D eigenvalue weighted by atomic mass is 19.1. The lowest BCUT2D eigenvalue weighted by Gasteiger charge is -2.27. The molecule has 0 heterocycles. The summed E-state index contributed by atoms with van der Waals surface area (Å²) in [7, 11) is 0. The van der Waals surface area contributed by atoms with Crippen LogP contribution in [0.2, 0.25) is 0 Å². The van der Waals surface area contributed by atoms with Gasteiger partial charge >= 0.3 is 0 Å². The Kier molecular flexibility index (Phi) is 3.85. The second-order valence-electron chi connectivity index (χ2n) is 6.05. The van der Waals surface area contributed by atoms with Gasteiger partial charge in [0.2, 0.25) is 0 Å². The second-order valence-corrected chi connectivity index (χ2v) is 6.05.